The van der Waals surface area contributed by atoms with Crippen molar-refractivity contribution in [3.8, 4) is 0 Å². The fraction of sp³-hybridized carbons (Fsp3) is 0.400. The Bertz CT molecular complexity index is 2890. The molecule has 0 N–H and O–H groups in total. The highest BCUT2D eigenvalue weighted by Gasteiger charge is 2.36. The first-order valence-electron chi connectivity index (χ1n) is 22.0. The van der Waals surface area contributed by atoms with Crippen LogP contribution in [0.1, 0.15) is 51.0 Å². The molecule has 344 valence electrons. The molecule has 6 aromatic rings. The van der Waals surface area contributed by atoms with Crippen LogP contribution in [0.4, 0.5) is 31.8 Å². The minimum atomic E-state index is -0.263. The Morgan fingerprint density at radius 2 is 1.12 bits per heavy atom. The maximum Gasteiger partial charge on any atom is 0.270 e. The van der Waals surface area contributed by atoms with E-state index in [1.807, 2.05) is 12.1 Å². The Balaban J connectivity index is 0.000000196. The lowest BCUT2D eigenvalue weighted by molar-refractivity contribution is 0.0412. The second-order valence-corrected chi connectivity index (χ2v) is 17.3. The van der Waals surface area contributed by atoms with Crippen molar-refractivity contribution in [2.45, 2.75) is 64.0 Å². The average molecular weight is 899 g/mol. The molecular formula is C50H56F2N10O4. The molecule has 0 saturated carbocycles. The fourth-order valence-electron chi connectivity index (χ4n) is 9.31. The first-order valence-corrected chi connectivity index (χ1v) is 22.0. The molecule has 0 spiro atoms. The maximum absolute atomic E-state index is 13.5. The van der Waals surface area contributed by atoms with Crippen LogP contribution in [0.3, 0.4) is 0 Å². The normalized spacial score (nSPS) is 20.1. The number of ether oxygens (including phenoxy) is 2. The highest BCUT2D eigenvalue weighted by atomic mass is 19.1. The first kappa shape index (κ1) is 47.4. The van der Waals surface area contributed by atoms with Crippen molar-refractivity contribution in [2.24, 2.45) is 14.1 Å². The minimum absolute atomic E-state index is 0.0116. The van der Waals surface area contributed by atoms with E-state index in [1.165, 1.54) is 24.3 Å². The van der Waals surface area contributed by atoms with Gasteiger partial charge in [0.2, 0.25) is 11.0 Å². The van der Waals surface area contributed by atoms with Gasteiger partial charge in [0.05, 0.1) is 41.2 Å². The number of fused-ring (bicyclic) bond motifs is 2. The zero-order valence-corrected chi connectivity index (χ0v) is 38.7. The number of nitrogens with zero attached hydrogens (tertiary/aromatic N) is 10. The molecule has 2 aliphatic heterocycles. The summed E-state index contributed by atoms with van der Waals surface area (Å²) in [5.41, 5.74) is 5.99. The summed E-state index contributed by atoms with van der Waals surface area (Å²) in [5, 5.41) is 0. The van der Waals surface area contributed by atoms with Crippen molar-refractivity contribution in [3.05, 3.63) is 151 Å². The third-order valence-corrected chi connectivity index (χ3v) is 13.0. The van der Waals surface area contributed by atoms with Gasteiger partial charge in [0.25, 0.3) is 22.8 Å². The SMILES string of the molecule is [C-]#[N+]c1ccc2c(n1)c(N1C[C@@H](C)N(C(COC)c3ccc(F)cc3)C[C@@H]1C)cc(=O)n2C.[C-]#[N+]c1ccc2c(n1)c(N1C[C@@H](C)N(CC(OC)c3ccc(F)cc3)C[C@@H]1C)cc(=O)n2C. The van der Waals surface area contributed by atoms with Gasteiger partial charge in [-0.2, -0.15) is 0 Å². The Morgan fingerprint density at radius 3 is 1.59 bits per heavy atom. The molecule has 14 nitrogen and oxygen atoms in total. The van der Waals surface area contributed by atoms with E-state index in [-0.39, 0.29) is 59.1 Å². The zero-order chi connectivity index (χ0) is 47.4. The van der Waals surface area contributed by atoms with Crippen molar-refractivity contribution in [1.82, 2.24) is 28.9 Å². The largest absolute Gasteiger partial charge is 0.383 e. The number of aromatic nitrogens is 4. The number of halogens is 2. The van der Waals surface area contributed by atoms with E-state index in [0.717, 1.165) is 35.6 Å². The third kappa shape index (κ3) is 9.83. The van der Waals surface area contributed by atoms with Gasteiger partial charge in [-0.15, -0.1) is 9.97 Å². The molecule has 16 heteroatoms. The molecule has 0 bridgehead atoms. The summed E-state index contributed by atoms with van der Waals surface area (Å²) in [5.74, 6) is 0.0903. The van der Waals surface area contributed by atoms with Gasteiger partial charge < -0.3 is 38.1 Å². The summed E-state index contributed by atoms with van der Waals surface area (Å²) < 4.78 is 41.2. The van der Waals surface area contributed by atoms with E-state index in [0.29, 0.717) is 59.9 Å². The number of benzene rings is 2. The Labute approximate surface area is 383 Å². The van der Waals surface area contributed by atoms with Gasteiger partial charge in [-0.1, -0.05) is 37.4 Å². The topological polar surface area (TPSA) is 110 Å². The maximum atomic E-state index is 13.5. The summed E-state index contributed by atoms with van der Waals surface area (Å²) in [6, 6.07) is 23.6. The number of methoxy groups -OCH3 is 2. The zero-order valence-electron chi connectivity index (χ0n) is 38.7. The van der Waals surface area contributed by atoms with Crippen LogP contribution in [0, 0.1) is 24.8 Å². The van der Waals surface area contributed by atoms with Crippen molar-refractivity contribution < 1.29 is 18.3 Å². The summed E-state index contributed by atoms with van der Waals surface area (Å²) in [6.45, 7) is 27.3. The summed E-state index contributed by atoms with van der Waals surface area (Å²) in [7, 11) is 6.78. The van der Waals surface area contributed by atoms with E-state index in [2.05, 4.69) is 67.0 Å². The summed E-state index contributed by atoms with van der Waals surface area (Å²) >= 11 is 0. The molecule has 2 fully saturated rings. The van der Waals surface area contributed by atoms with Crippen LogP contribution in [0.15, 0.2) is 94.5 Å². The third-order valence-electron chi connectivity index (χ3n) is 13.0. The molecule has 6 atom stereocenters. The second-order valence-electron chi connectivity index (χ2n) is 17.3. The molecular weight excluding hydrogens is 843 g/mol. The van der Waals surface area contributed by atoms with Crippen LogP contribution in [0.25, 0.3) is 31.8 Å². The van der Waals surface area contributed by atoms with E-state index in [4.69, 9.17) is 22.6 Å². The molecule has 2 saturated heterocycles. The van der Waals surface area contributed by atoms with Gasteiger partial charge in [-0.25, -0.2) is 8.78 Å². The average Bonchev–Trinajstić information content (AvgIpc) is 3.32. The van der Waals surface area contributed by atoms with Crippen molar-refractivity contribution >= 4 is 45.1 Å². The van der Waals surface area contributed by atoms with Gasteiger partial charge in [-0.05, 0) is 87.4 Å². The Hall–Kier alpha value is -6.56. The predicted octanol–water partition coefficient (Wildman–Crippen LogP) is 7.82. The molecule has 4 aromatic heterocycles. The number of aryl methyl sites for hydroxylation is 2. The van der Waals surface area contributed by atoms with Crippen molar-refractivity contribution in [1.29, 1.82) is 0 Å². The second kappa shape index (κ2) is 20.3. The van der Waals surface area contributed by atoms with Gasteiger partial charge in [0.1, 0.15) is 11.6 Å². The molecule has 8 rings (SSSR count). The lowest BCUT2D eigenvalue weighted by Crippen LogP contribution is -2.58. The van der Waals surface area contributed by atoms with Gasteiger partial charge in [0.15, 0.2) is 0 Å². The van der Waals surface area contributed by atoms with Crippen molar-refractivity contribution in [3.63, 3.8) is 0 Å². The van der Waals surface area contributed by atoms with E-state index >= 15 is 0 Å². The molecule has 0 aliphatic carbocycles. The quantitative estimate of drug-likeness (QED) is 0.126. The lowest BCUT2D eigenvalue weighted by Gasteiger charge is -2.48. The lowest BCUT2D eigenvalue weighted by atomic mass is 9.99. The first-order chi connectivity index (χ1) is 31.6. The molecule has 2 unspecified atom stereocenters. The van der Waals surface area contributed by atoms with Crippen LogP contribution in [0.5, 0.6) is 0 Å². The fourth-order valence-corrected chi connectivity index (χ4v) is 9.31. The van der Waals surface area contributed by atoms with Crippen LogP contribution in [-0.4, -0.2) is 107 Å². The van der Waals surface area contributed by atoms with Gasteiger partial charge >= 0.3 is 0 Å². The number of pyridine rings is 4. The monoisotopic (exact) mass is 898 g/mol. The molecule has 6 heterocycles. The highest BCUT2D eigenvalue weighted by Crippen LogP contribution is 2.34. The molecule has 2 aromatic carbocycles. The van der Waals surface area contributed by atoms with Crippen LogP contribution >= 0.6 is 0 Å². The standard InChI is InChI=1S/2C25H28FN5O2/c1-16-14-31(22(15-33-5)18-6-8-19(26)9-7-18)17(2)13-30(16)21-12-24(32)29(4)20-10-11-23(27-3)28-25(20)21;1-16-14-31(21-12-24(32)29(4)20-10-11-23(27-3)28-25(20)21)17(2)13-30(16)15-22(33-5)18-6-8-19(26)9-7-18/h2*6-12,16-17,22H,13-15H2,1-2,4-5H3/t2*16-,17+,22?/m01/s1. The molecule has 2 aliphatic rings. The van der Waals surface area contributed by atoms with E-state index < -0.39 is 0 Å². The minimum Gasteiger partial charge on any atom is -0.383 e. The Morgan fingerprint density at radius 1 is 0.652 bits per heavy atom. The van der Waals surface area contributed by atoms with Crippen LogP contribution < -0.4 is 20.9 Å². The molecule has 0 radical (unpaired) electrons. The number of anilines is 2. The van der Waals surface area contributed by atoms with Crippen LogP contribution in [-0.2, 0) is 23.6 Å². The van der Waals surface area contributed by atoms with Gasteiger partial charge in [0, 0.05) is 97.3 Å². The summed E-state index contributed by atoms with van der Waals surface area (Å²) in [4.78, 5) is 50.5. The Kier molecular flexibility index (Phi) is 14.6. The predicted molar refractivity (Wildman–Crippen MR) is 254 cm³/mol. The van der Waals surface area contributed by atoms with E-state index in [9.17, 15) is 18.4 Å². The number of piperazine rings is 2. The number of rotatable bonds is 10. The smallest absolute Gasteiger partial charge is 0.270 e. The summed E-state index contributed by atoms with van der Waals surface area (Å²) in [6.07, 6.45) is -0.167. The van der Waals surface area contributed by atoms with E-state index in [1.54, 1.807) is 86.0 Å². The van der Waals surface area contributed by atoms with Gasteiger partial charge in [-0.3, -0.25) is 19.4 Å². The van der Waals surface area contributed by atoms with Crippen LogP contribution in [0.2, 0.25) is 0 Å². The highest BCUT2D eigenvalue weighted by molar-refractivity contribution is 5.90. The number of hydrogen-bond acceptors (Lipinski definition) is 10. The molecule has 0 amide bonds. The molecule has 66 heavy (non-hydrogen) atoms. The number of hydrogen-bond donors (Lipinski definition) is 0. The van der Waals surface area contributed by atoms with Crippen molar-refractivity contribution in [2.75, 3.05) is 63.4 Å².